The SMILES string of the molecule is CO[C@@H]1CN(c2cnc(C(F)(F)F)c(NC(=O)c3cccc(-c4cnn(CC5CC5)c4)n3)c2)C[C@H]1C(C)(C)O. The lowest BCUT2D eigenvalue weighted by Gasteiger charge is -2.29. The van der Waals surface area contributed by atoms with Crippen LogP contribution in [0.1, 0.15) is 42.9 Å². The van der Waals surface area contributed by atoms with Crippen molar-refractivity contribution in [2.45, 2.75) is 51.1 Å². The van der Waals surface area contributed by atoms with Crippen LogP contribution < -0.4 is 10.2 Å². The number of aromatic nitrogens is 4. The predicted molar refractivity (Wildman–Crippen MR) is 138 cm³/mol. The Morgan fingerprint density at radius 3 is 2.62 bits per heavy atom. The molecule has 3 aromatic heterocycles. The number of methoxy groups -OCH3 is 1. The molecule has 2 aliphatic rings. The van der Waals surface area contributed by atoms with Crippen LogP contribution in [-0.4, -0.2) is 62.7 Å². The van der Waals surface area contributed by atoms with E-state index in [-0.39, 0.29) is 17.7 Å². The zero-order valence-corrected chi connectivity index (χ0v) is 21.9. The third kappa shape index (κ3) is 6.06. The Kier molecular flexibility index (Phi) is 7.10. The number of hydrogen-bond acceptors (Lipinski definition) is 7. The molecule has 3 aromatic rings. The summed E-state index contributed by atoms with van der Waals surface area (Å²) in [7, 11) is 1.53. The van der Waals surface area contributed by atoms with Crippen molar-refractivity contribution in [3.8, 4) is 11.3 Å². The molecule has 1 aliphatic carbocycles. The third-order valence-corrected chi connectivity index (χ3v) is 7.28. The molecule has 0 spiro atoms. The molecule has 1 amide bonds. The van der Waals surface area contributed by atoms with Crippen molar-refractivity contribution >= 4 is 17.3 Å². The van der Waals surface area contributed by atoms with Gasteiger partial charge >= 0.3 is 6.18 Å². The molecule has 2 fully saturated rings. The molecule has 39 heavy (non-hydrogen) atoms. The minimum Gasteiger partial charge on any atom is -0.390 e. The summed E-state index contributed by atoms with van der Waals surface area (Å²) >= 11 is 0. The van der Waals surface area contributed by atoms with Crippen LogP contribution in [0.5, 0.6) is 0 Å². The maximum atomic E-state index is 13.8. The molecule has 9 nitrogen and oxygen atoms in total. The van der Waals surface area contributed by atoms with Crippen molar-refractivity contribution in [2.75, 3.05) is 30.4 Å². The van der Waals surface area contributed by atoms with Gasteiger partial charge in [0, 0.05) is 44.4 Å². The van der Waals surface area contributed by atoms with Gasteiger partial charge in [-0.25, -0.2) is 9.97 Å². The number of carbonyl (C=O) groups excluding carboxylic acids is 1. The lowest BCUT2D eigenvalue weighted by molar-refractivity contribution is -0.140. The van der Waals surface area contributed by atoms with Crippen molar-refractivity contribution in [2.24, 2.45) is 11.8 Å². The van der Waals surface area contributed by atoms with Gasteiger partial charge in [-0.15, -0.1) is 0 Å². The molecule has 0 aromatic carbocycles. The molecule has 208 valence electrons. The first-order valence-corrected chi connectivity index (χ1v) is 12.8. The molecule has 0 radical (unpaired) electrons. The summed E-state index contributed by atoms with van der Waals surface area (Å²) in [4.78, 5) is 22.9. The molecule has 2 atom stereocenters. The number of rotatable bonds is 8. The molecule has 2 N–H and O–H groups in total. The van der Waals surface area contributed by atoms with Crippen LogP contribution in [-0.2, 0) is 17.5 Å². The lowest BCUT2D eigenvalue weighted by atomic mass is 9.88. The molecule has 0 unspecified atom stereocenters. The summed E-state index contributed by atoms with van der Waals surface area (Å²) in [5.41, 5.74) is -1.20. The van der Waals surface area contributed by atoms with Crippen LogP contribution in [0.15, 0.2) is 42.9 Å². The molecule has 4 heterocycles. The topological polar surface area (TPSA) is 105 Å². The van der Waals surface area contributed by atoms with Crippen molar-refractivity contribution in [1.82, 2.24) is 19.7 Å². The van der Waals surface area contributed by atoms with Crippen molar-refractivity contribution in [3.63, 3.8) is 0 Å². The van der Waals surface area contributed by atoms with E-state index < -0.39 is 29.1 Å². The van der Waals surface area contributed by atoms with Gasteiger partial charge in [0.1, 0.15) is 5.69 Å². The zero-order chi connectivity index (χ0) is 27.9. The molecule has 5 rings (SSSR count). The predicted octanol–water partition coefficient (Wildman–Crippen LogP) is 4.24. The summed E-state index contributed by atoms with van der Waals surface area (Å²) in [5, 5.41) is 17.3. The molecular formula is C27H31F3N6O3. The minimum atomic E-state index is -4.79. The van der Waals surface area contributed by atoms with Crippen LogP contribution in [0.4, 0.5) is 24.5 Å². The van der Waals surface area contributed by atoms with E-state index in [2.05, 4.69) is 20.4 Å². The number of carbonyl (C=O) groups is 1. The number of halogens is 3. The Labute approximate surface area is 224 Å². The second-order valence-corrected chi connectivity index (χ2v) is 10.8. The van der Waals surface area contributed by atoms with Gasteiger partial charge in [0.05, 0.1) is 41.2 Å². The Bertz CT molecular complexity index is 1350. The van der Waals surface area contributed by atoms with Crippen LogP contribution >= 0.6 is 0 Å². The summed E-state index contributed by atoms with van der Waals surface area (Å²) in [5.74, 6) is -0.433. The number of ether oxygens (including phenoxy) is 1. The highest BCUT2D eigenvalue weighted by atomic mass is 19.4. The van der Waals surface area contributed by atoms with E-state index in [0.29, 0.717) is 36.0 Å². The second-order valence-electron chi connectivity index (χ2n) is 10.8. The summed E-state index contributed by atoms with van der Waals surface area (Å²) in [6.45, 7) is 4.86. The van der Waals surface area contributed by atoms with Gasteiger partial charge in [0.2, 0.25) is 0 Å². The lowest BCUT2D eigenvalue weighted by Crippen LogP contribution is -2.39. The summed E-state index contributed by atoms with van der Waals surface area (Å²) in [6.07, 6.45) is 1.88. The maximum absolute atomic E-state index is 13.8. The number of pyridine rings is 2. The van der Waals surface area contributed by atoms with Crippen molar-refractivity contribution < 1.29 is 27.8 Å². The number of alkyl halides is 3. The average molecular weight is 545 g/mol. The smallest absolute Gasteiger partial charge is 0.390 e. The number of anilines is 2. The highest BCUT2D eigenvalue weighted by molar-refractivity contribution is 6.03. The molecule has 1 saturated heterocycles. The molecule has 12 heteroatoms. The zero-order valence-electron chi connectivity index (χ0n) is 21.9. The minimum absolute atomic E-state index is 0.0383. The first-order chi connectivity index (χ1) is 18.4. The number of nitrogens with one attached hydrogen (secondary N) is 1. The Morgan fingerprint density at radius 1 is 1.21 bits per heavy atom. The Morgan fingerprint density at radius 2 is 1.97 bits per heavy atom. The summed E-state index contributed by atoms with van der Waals surface area (Å²) in [6, 6.07) is 6.03. The van der Waals surface area contributed by atoms with E-state index >= 15 is 0 Å². The fourth-order valence-corrected chi connectivity index (χ4v) is 4.92. The van der Waals surface area contributed by atoms with Crippen molar-refractivity contribution in [1.29, 1.82) is 0 Å². The number of aliphatic hydroxyl groups is 1. The molecule has 1 saturated carbocycles. The van der Waals surface area contributed by atoms with Crippen LogP contribution in [0.3, 0.4) is 0 Å². The van der Waals surface area contributed by atoms with Gasteiger partial charge in [0.15, 0.2) is 5.69 Å². The van der Waals surface area contributed by atoms with E-state index in [1.165, 1.54) is 32.1 Å². The van der Waals surface area contributed by atoms with E-state index in [9.17, 15) is 23.1 Å². The van der Waals surface area contributed by atoms with E-state index in [0.717, 1.165) is 12.7 Å². The normalized spacial score (nSPS) is 19.9. The first-order valence-electron chi connectivity index (χ1n) is 12.8. The van der Waals surface area contributed by atoms with Gasteiger partial charge in [-0.1, -0.05) is 6.07 Å². The molecule has 1 aliphatic heterocycles. The van der Waals surface area contributed by atoms with Crippen LogP contribution in [0.2, 0.25) is 0 Å². The number of amides is 1. The van der Waals surface area contributed by atoms with E-state index in [1.807, 2.05) is 10.9 Å². The van der Waals surface area contributed by atoms with Crippen LogP contribution in [0.25, 0.3) is 11.3 Å². The van der Waals surface area contributed by atoms with Crippen molar-refractivity contribution in [3.05, 3.63) is 54.2 Å². The Hall–Kier alpha value is -3.51. The highest BCUT2D eigenvalue weighted by Crippen LogP contribution is 2.38. The first kappa shape index (κ1) is 27.1. The monoisotopic (exact) mass is 544 g/mol. The molecule has 0 bridgehead atoms. The van der Waals surface area contributed by atoms with Gasteiger partial charge in [-0.2, -0.15) is 18.3 Å². The van der Waals surface area contributed by atoms with E-state index in [4.69, 9.17) is 4.74 Å². The average Bonchev–Trinajstić information content (AvgIpc) is 3.37. The Balaban J connectivity index is 1.39. The quantitative estimate of drug-likeness (QED) is 0.437. The second kappa shape index (κ2) is 10.2. The number of nitrogens with zero attached hydrogens (tertiary/aromatic N) is 5. The molecular weight excluding hydrogens is 513 g/mol. The van der Waals surface area contributed by atoms with Gasteiger partial charge in [-0.3, -0.25) is 9.48 Å². The largest absolute Gasteiger partial charge is 0.435 e. The standard InChI is InChI=1S/C27H31F3N6O3/c1-26(2,38)19-14-35(15-23(19)39-3)18-9-22(24(31-11-18)27(28,29)30)34-25(37)21-6-4-5-20(33-21)17-10-32-36(13-17)12-16-7-8-16/h4-6,9-11,13,16,19,23,38H,7-8,12,14-15H2,1-3H3,(H,34,37)/t19-,23-/m1/s1. The fourth-order valence-electron chi connectivity index (χ4n) is 4.92. The highest BCUT2D eigenvalue weighted by Gasteiger charge is 2.43. The fraction of sp³-hybridized carbons (Fsp3) is 0.481. The third-order valence-electron chi connectivity index (χ3n) is 7.28. The maximum Gasteiger partial charge on any atom is 0.435 e. The summed E-state index contributed by atoms with van der Waals surface area (Å²) < 4.78 is 48.8. The van der Waals surface area contributed by atoms with Gasteiger partial charge < -0.3 is 20.1 Å². The van der Waals surface area contributed by atoms with Gasteiger partial charge in [-0.05, 0) is 50.8 Å². The van der Waals surface area contributed by atoms with E-state index in [1.54, 1.807) is 37.1 Å². The van der Waals surface area contributed by atoms with Crippen LogP contribution in [0, 0.1) is 11.8 Å². The number of hydrogen-bond donors (Lipinski definition) is 2. The van der Waals surface area contributed by atoms with Gasteiger partial charge in [0.25, 0.3) is 5.91 Å².